The second-order valence-electron chi connectivity index (χ2n) is 5.81. The van der Waals surface area contributed by atoms with Gasteiger partial charge in [0.05, 0.1) is 16.4 Å². The molecule has 0 aliphatic carbocycles. The van der Waals surface area contributed by atoms with E-state index in [1.165, 1.54) is 5.56 Å². The van der Waals surface area contributed by atoms with Crippen LogP contribution in [0.4, 0.5) is 5.82 Å². The SMILES string of the molecule is Clc1ccc(Cl)c(-n2nc(-c3cccnc3)c3c2NCCCC3)c1. The molecule has 0 unspecified atom stereocenters. The molecule has 1 aliphatic heterocycles. The summed E-state index contributed by atoms with van der Waals surface area (Å²) in [4.78, 5) is 4.23. The first-order valence-corrected chi connectivity index (χ1v) is 8.71. The van der Waals surface area contributed by atoms with Gasteiger partial charge < -0.3 is 5.32 Å². The van der Waals surface area contributed by atoms with Crippen molar-refractivity contribution in [3.63, 3.8) is 0 Å². The molecule has 0 bridgehead atoms. The number of fused-ring (bicyclic) bond motifs is 1. The zero-order chi connectivity index (χ0) is 16.5. The molecular weight excluding hydrogens is 343 g/mol. The second-order valence-corrected chi connectivity index (χ2v) is 6.65. The fraction of sp³-hybridized carbons (Fsp3) is 0.222. The molecule has 0 amide bonds. The van der Waals surface area contributed by atoms with Gasteiger partial charge in [-0.05, 0) is 49.6 Å². The van der Waals surface area contributed by atoms with E-state index in [4.69, 9.17) is 28.3 Å². The number of halogens is 2. The van der Waals surface area contributed by atoms with Gasteiger partial charge in [-0.15, -0.1) is 0 Å². The molecule has 4 nitrogen and oxygen atoms in total. The van der Waals surface area contributed by atoms with Gasteiger partial charge in [-0.2, -0.15) is 5.10 Å². The number of pyridine rings is 1. The topological polar surface area (TPSA) is 42.7 Å². The van der Waals surface area contributed by atoms with Crippen molar-refractivity contribution in [1.82, 2.24) is 14.8 Å². The van der Waals surface area contributed by atoms with Crippen molar-refractivity contribution in [2.45, 2.75) is 19.3 Å². The lowest BCUT2D eigenvalue weighted by Crippen LogP contribution is -2.07. The van der Waals surface area contributed by atoms with Gasteiger partial charge in [-0.3, -0.25) is 4.98 Å². The summed E-state index contributed by atoms with van der Waals surface area (Å²) in [5.41, 5.74) is 3.94. The monoisotopic (exact) mass is 358 g/mol. The minimum absolute atomic E-state index is 0.619. The lowest BCUT2D eigenvalue weighted by molar-refractivity contribution is 0.780. The molecule has 0 atom stereocenters. The third-order valence-electron chi connectivity index (χ3n) is 4.20. The first-order valence-electron chi connectivity index (χ1n) is 7.95. The predicted octanol–water partition coefficient (Wildman–Crippen LogP) is 4.99. The van der Waals surface area contributed by atoms with Gasteiger partial charge in [0.25, 0.3) is 0 Å². The molecule has 2 aromatic heterocycles. The van der Waals surface area contributed by atoms with Crippen molar-refractivity contribution in [3.05, 3.63) is 58.3 Å². The molecule has 0 radical (unpaired) electrons. The van der Waals surface area contributed by atoms with E-state index >= 15 is 0 Å². The molecule has 3 heterocycles. The van der Waals surface area contributed by atoms with E-state index < -0.39 is 0 Å². The van der Waals surface area contributed by atoms with Crippen LogP contribution in [0.3, 0.4) is 0 Å². The molecule has 1 N–H and O–H groups in total. The van der Waals surface area contributed by atoms with E-state index in [0.29, 0.717) is 10.0 Å². The number of nitrogens with zero attached hydrogens (tertiary/aromatic N) is 3. The van der Waals surface area contributed by atoms with Gasteiger partial charge in [0.1, 0.15) is 5.82 Å². The van der Waals surface area contributed by atoms with Crippen molar-refractivity contribution in [3.8, 4) is 16.9 Å². The molecule has 122 valence electrons. The molecule has 6 heteroatoms. The summed E-state index contributed by atoms with van der Waals surface area (Å²) in [6.45, 7) is 0.920. The largest absolute Gasteiger partial charge is 0.370 e. The van der Waals surface area contributed by atoms with E-state index in [1.807, 2.05) is 29.1 Å². The molecule has 1 aliphatic rings. The van der Waals surface area contributed by atoms with Gasteiger partial charge in [-0.1, -0.05) is 23.2 Å². The highest BCUT2D eigenvalue weighted by atomic mass is 35.5. The molecule has 4 rings (SSSR count). The molecule has 1 aromatic carbocycles. The third kappa shape index (κ3) is 2.76. The van der Waals surface area contributed by atoms with Crippen molar-refractivity contribution in [2.75, 3.05) is 11.9 Å². The van der Waals surface area contributed by atoms with Gasteiger partial charge in [0.2, 0.25) is 0 Å². The Morgan fingerprint density at radius 2 is 2.04 bits per heavy atom. The Morgan fingerprint density at radius 3 is 2.88 bits per heavy atom. The van der Waals surface area contributed by atoms with Gasteiger partial charge >= 0.3 is 0 Å². The summed E-state index contributed by atoms with van der Waals surface area (Å²) in [6, 6.07) is 9.39. The minimum atomic E-state index is 0.619. The van der Waals surface area contributed by atoms with Gasteiger partial charge in [0, 0.05) is 35.1 Å². The highest BCUT2D eigenvalue weighted by molar-refractivity contribution is 6.34. The first-order chi connectivity index (χ1) is 11.7. The Labute approximate surface area is 150 Å². The van der Waals surface area contributed by atoms with Crippen molar-refractivity contribution in [2.24, 2.45) is 0 Å². The summed E-state index contributed by atoms with van der Waals surface area (Å²) >= 11 is 12.6. The summed E-state index contributed by atoms with van der Waals surface area (Å²) in [5.74, 6) is 0.996. The van der Waals surface area contributed by atoms with Crippen LogP contribution in [0, 0.1) is 0 Å². The number of anilines is 1. The van der Waals surface area contributed by atoms with Crippen LogP contribution in [0.2, 0.25) is 10.0 Å². The number of benzene rings is 1. The maximum atomic E-state index is 6.41. The summed E-state index contributed by atoms with van der Waals surface area (Å²) < 4.78 is 1.87. The van der Waals surface area contributed by atoms with Crippen LogP contribution in [0.25, 0.3) is 16.9 Å². The fourth-order valence-corrected chi connectivity index (χ4v) is 3.42. The highest BCUT2D eigenvalue weighted by Crippen LogP contribution is 2.35. The van der Waals surface area contributed by atoms with Crippen LogP contribution in [-0.2, 0) is 6.42 Å². The van der Waals surface area contributed by atoms with Crippen LogP contribution in [0.5, 0.6) is 0 Å². The Hall–Kier alpha value is -2.04. The Morgan fingerprint density at radius 1 is 1.12 bits per heavy atom. The zero-order valence-electron chi connectivity index (χ0n) is 13.0. The van der Waals surface area contributed by atoms with Crippen LogP contribution >= 0.6 is 23.2 Å². The van der Waals surface area contributed by atoms with E-state index in [2.05, 4.69) is 10.3 Å². The van der Waals surface area contributed by atoms with Crippen molar-refractivity contribution < 1.29 is 0 Å². The first kappa shape index (κ1) is 15.5. The normalized spacial score (nSPS) is 13.9. The molecular formula is C18H16Cl2N4. The number of rotatable bonds is 2. The molecule has 0 fully saturated rings. The summed E-state index contributed by atoms with van der Waals surface area (Å²) in [7, 11) is 0. The van der Waals surface area contributed by atoms with Crippen LogP contribution < -0.4 is 5.32 Å². The van der Waals surface area contributed by atoms with Crippen molar-refractivity contribution in [1.29, 1.82) is 0 Å². The van der Waals surface area contributed by atoms with Crippen LogP contribution in [0.15, 0.2) is 42.7 Å². The highest BCUT2D eigenvalue weighted by Gasteiger charge is 2.22. The minimum Gasteiger partial charge on any atom is -0.370 e. The smallest absolute Gasteiger partial charge is 0.133 e. The summed E-state index contributed by atoms with van der Waals surface area (Å²) in [6.07, 6.45) is 6.85. The standard InChI is InChI=1S/C18H16Cl2N4/c19-13-6-7-15(20)16(10-13)24-18-14(5-1-2-9-22-18)17(23-24)12-4-3-8-21-11-12/h3-4,6-8,10-11,22H,1-2,5,9H2. The van der Waals surface area contributed by atoms with Gasteiger partial charge in [0.15, 0.2) is 0 Å². The van der Waals surface area contributed by atoms with Crippen LogP contribution in [-0.4, -0.2) is 21.3 Å². The van der Waals surface area contributed by atoms with E-state index in [-0.39, 0.29) is 0 Å². The average molecular weight is 359 g/mol. The maximum Gasteiger partial charge on any atom is 0.133 e. The Bertz CT molecular complexity index is 874. The third-order valence-corrected chi connectivity index (χ3v) is 4.76. The fourth-order valence-electron chi connectivity index (χ4n) is 3.06. The number of nitrogens with one attached hydrogen (secondary N) is 1. The molecule has 24 heavy (non-hydrogen) atoms. The van der Waals surface area contributed by atoms with E-state index in [0.717, 1.165) is 48.6 Å². The quantitative estimate of drug-likeness (QED) is 0.701. The Kier molecular flexibility index (Phi) is 4.17. The van der Waals surface area contributed by atoms with Crippen LogP contribution in [0.1, 0.15) is 18.4 Å². The van der Waals surface area contributed by atoms with E-state index in [9.17, 15) is 0 Å². The lowest BCUT2D eigenvalue weighted by Gasteiger charge is -2.11. The molecule has 0 spiro atoms. The maximum absolute atomic E-state index is 6.41. The predicted molar refractivity (Wildman–Crippen MR) is 98.2 cm³/mol. The second kappa shape index (κ2) is 6.46. The van der Waals surface area contributed by atoms with E-state index in [1.54, 1.807) is 18.3 Å². The molecule has 0 saturated heterocycles. The molecule has 0 saturated carbocycles. The number of hydrogen-bond donors (Lipinski definition) is 1. The molecule has 3 aromatic rings. The average Bonchev–Trinajstić information content (AvgIpc) is 2.79. The van der Waals surface area contributed by atoms with Crippen molar-refractivity contribution >= 4 is 29.0 Å². The lowest BCUT2D eigenvalue weighted by atomic mass is 10.1. The Balaban J connectivity index is 1.95. The van der Waals surface area contributed by atoms with Gasteiger partial charge in [-0.25, -0.2) is 4.68 Å². The summed E-state index contributed by atoms with van der Waals surface area (Å²) in [5, 5.41) is 9.61. The number of aromatic nitrogens is 3. The number of hydrogen-bond acceptors (Lipinski definition) is 3. The zero-order valence-corrected chi connectivity index (χ0v) is 14.5.